The lowest BCUT2D eigenvalue weighted by molar-refractivity contribution is -0.137. The zero-order valence-corrected chi connectivity index (χ0v) is 26.0. The van der Waals surface area contributed by atoms with Crippen LogP contribution in [0.2, 0.25) is 0 Å². The molecule has 2 aromatic carbocycles. The van der Waals surface area contributed by atoms with Crippen molar-refractivity contribution >= 4 is 29.4 Å². The molecule has 2 aliphatic heterocycles. The second kappa shape index (κ2) is 14.3. The molecule has 3 aromatic rings. The summed E-state index contributed by atoms with van der Waals surface area (Å²) in [4.78, 5) is 44.1. The van der Waals surface area contributed by atoms with E-state index in [0.717, 1.165) is 56.6 Å². The van der Waals surface area contributed by atoms with Crippen LogP contribution in [-0.2, 0) is 19.7 Å². The van der Waals surface area contributed by atoms with E-state index in [2.05, 4.69) is 57.3 Å². The Kier molecular flexibility index (Phi) is 10.3. The maximum Gasteiger partial charge on any atom is 0.338 e. The number of halogens is 2. The highest BCUT2D eigenvalue weighted by Crippen LogP contribution is 2.43. The number of imide groups is 1. The molecule has 12 heteroatoms. The molecule has 45 heavy (non-hydrogen) atoms. The Morgan fingerprint density at radius 1 is 1.04 bits per heavy atom. The Labute approximate surface area is 264 Å². The molecule has 0 saturated carbocycles. The molecule has 5 rings (SSSR count). The minimum absolute atomic E-state index is 0.0221. The van der Waals surface area contributed by atoms with E-state index in [1.165, 1.54) is 23.6 Å². The van der Waals surface area contributed by atoms with Crippen LogP contribution in [0.25, 0.3) is 0 Å². The Bertz CT molecular complexity index is 1540. The quantitative estimate of drug-likeness (QED) is 0.230. The summed E-state index contributed by atoms with van der Waals surface area (Å²) in [6.45, 7) is 2.59. The molecule has 3 heterocycles. The van der Waals surface area contributed by atoms with Gasteiger partial charge in [-0.2, -0.15) is 0 Å². The number of piperidine rings is 1. The van der Waals surface area contributed by atoms with Crippen LogP contribution in [0.3, 0.4) is 0 Å². The van der Waals surface area contributed by atoms with E-state index >= 15 is 0 Å². The van der Waals surface area contributed by atoms with Crippen molar-refractivity contribution in [2.24, 2.45) is 0 Å². The van der Waals surface area contributed by atoms with Gasteiger partial charge >= 0.3 is 18.0 Å². The first-order valence-corrected chi connectivity index (χ1v) is 15.6. The fourth-order valence-corrected chi connectivity index (χ4v) is 7.21. The molecule has 9 nitrogen and oxygen atoms in total. The standard InChI is InChI=1S/C33H36F2N4O5S/c1-43-21-26-28(30(40)44-2)29(22-11-12-24(34)25(35)20-22)39(32(42)37-26)31(41)36-15-7-16-38-17-13-33(14-18-38,27-10-6-19-45-27)23-8-4-3-5-9-23/h3-6,8-12,19-20,29H,7,13-18,21H2,1-2H3,(H,36,41)(H,37,42). The molecule has 0 aliphatic carbocycles. The first kappa shape index (κ1) is 32.3. The summed E-state index contributed by atoms with van der Waals surface area (Å²) in [6, 6.07) is 14.9. The summed E-state index contributed by atoms with van der Waals surface area (Å²) in [7, 11) is 2.51. The third-order valence-electron chi connectivity index (χ3n) is 8.46. The van der Waals surface area contributed by atoms with Crippen molar-refractivity contribution in [2.75, 3.05) is 47.0 Å². The van der Waals surface area contributed by atoms with Gasteiger partial charge in [-0.1, -0.05) is 42.5 Å². The largest absolute Gasteiger partial charge is 0.466 e. The number of carbonyl (C=O) groups is 3. The van der Waals surface area contributed by atoms with Gasteiger partial charge in [-0.25, -0.2) is 28.1 Å². The van der Waals surface area contributed by atoms with Crippen LogP contribution in [0, 0.1) is 11.6 Å². The second-order valence-electron chi connectivity index (χ2n) is 11.0. The molecule has 4 amide bonds. The van der Waals surface area contributed by atoms with Gasteiger partial charge in [-0.3, -0.25) is 0 Å². The van der Waals surface area contributed by atoms with Crippen molar-refractivity contribution in [3.63, 3.8) is 0 Å². The summed E-state index contributed by atoms with van der Waals surface area (Å²) >= 11 is 1.79. The van der Waals surface area contributed by atoms with Crippen LogP contribution in [0.1, 0.15) is 41.3 Å². The number of ether oxygens (including phenoxy) is 2. The minimum Gasteiger partial charge on any atom is -0.466 e. The smallest absolute Gasteiger partial charge is 0.338 e. The number of thiophene rings is 1. The summed E-state index contributed by atoms with van der Waals surface area (Å²) in [6.07, 6.45) is 2.56. The van der Waals surface area contributed by atoms with E-state index in [-0.39, 0.29) is 35.4 Å². The van der Waals surface area contributed by atoms with Gasteiger partial charge in [0.25, 0.3) is 0 Å². The fourth-order valence-electron chi connectivity index (χ4n) is 6.21. The maximum absolute atomic E-state index is 14.3. The van der Waals surface area contributed by atoms with Gasteiger partial charge in [0, 0.05) is 23.9 Å². The van der Waals surface area contributed by atoms with Crippen molar-refractivity contribution < 1.29 is 32.6 Å². The van der Waals surface area contributed by atoms with Crippen molar-refractivity contribution in [3.05, 3.63) is 105 Å². The summed E-state index contributed by atoms with van der Waals surface area (Å²) in [5.41, 5.74) is 1.26. The highest BCUT2D eigenvalue weighted by Gasteiger charge is 2.43. The Balaban J connectivity index is 1.25. The highest BCUT2D eigenvalue weighted by atomic mass is 32.1. The number of rotatable bonds is 10. The Morgan fingerprint density at radius 2 is 1.80 bits per heavy atom. The van der Waals surface area contributed by atoms with Crippen molar-refractivity contribution in [1.82, 2.24) is 20.4 Å². The average molecular weight is 639 g/mol. The monoisotopic (exact) mass is 638 g/mol. The number of likely N-dealkylation sites (tertiary alicyclic amines) is 1. The topological polar surface area (TPSA) is 100 Å². The molecule has 1 aromatic heterocycles. The van der Waals surface area contributed by atoms with Crippen molar-refractivity contribution in [1.29, 1.82) is 0 Å². The van der Waals surface area contributed by atoms with Gasteiger partial charge in [0.1, 0.15) is 6.04 Å². The van der Waals surface area contributed by atoms with Gasteiger partial charge < -0.3 is 25.0 Å². The van der Waals surface area contributed by atoms with Gasteiger partial charge in [-0.05, 0) is 73.6 Å². The predicted octanol–water partition coefficient (Wildman–Crippen LogP) is 5.35. The summed E-state index contributed by atoms with van der Waals surface area (Å²) in [5.74, 6) is -3.15. The number of nitrogens with zero attached hydrogens (tertiary/aromatic N) is 2. The lowest BCUT2D eigenvalue weighted by Crippen LogP contribution is -2.55. The van der Waals surface area contributed by atoms with Gasteiger partial charge in [-0.15, -0.1) is 11.3 Å². The van der Waals surface area contributed by atoms with E-state index in [9.17, 15) is 23.2 Å². The predicted molar refractivity (Wildman–Crippen MR) is 166 cm³/mol. The lowest BCUT2D eigenvalue weighted by atomic mass is 9.71. The summed E-state index contributed by atoms with van der Waals surface area (Å²) < 4.78 is 38.2. The number of carbonyl (C=O) groups excluding carboxylic acids is 3. The first-order valence-electron chi connectivity index (χ1n) is 14.7. The molecule has 0 radical (unpaired) electrons. The van der Waals surface area contributed by atoms with E-state index < -0.39 is 35.7 Å². The molecule has 1 unspecified atom stereocenters. The normalized spacial score (nSPS) is 18.4. The van der Waals surface area contributed by atoms with Gasteiger partial charge in [0.05, 0.1) is 25.0 Å². The molecule has 1 fully saturated rings. The van der Waals surface area contributed by atoms with E-state index in [1.54, 1.807) is 11.3 Å². The number of benzene rings is 2. The SMILES string of the molecule is COCC1=C(C(=O)OC)C(c2ccc(F)c(F)c2)N(C(=O)NCCCN2CCC(c3ccccc3)(c3cccs3)CC2)C(=O)N1. The van der Waals surface area contributed by atoms with Crippen LogP contribution >= 0.6 is 11.3 Å². The van der Waals surface area contributed by atoms with Crippen LogP contribution < -0.4 is 10.6 Å². The van der Waals surface area contributed by atoms with E-state index in [1.807, 2.05) is 6.07 Å². The lowest BCUT2D eigenvalue weighted by Gasteiger charge is -2.42. The fraction of sp³-hybridized carbons (Fsp3) is 0.364. The Hall–Kier alpha value is -4.13. The molecular formula is C33H36F2N4O5S. The Morgan fingerprint density at radius 3 is 2.44 bits per heavy atom. The van der Waals surface area contributed by atoms with Crippen LogP contribution in [0.5, 0.6) is 0 Å². The summed E-state index contributed by atoms with van der Waals surface area (Å²) in [5, 5.41) is 7.41. The third-order valence-corrected chi connectivity index (χ3v) is 9.54. The van der Waals surface area contributed by atoms with Gasteiger partial charge in [0.15, 0.2) is 11.6 Å². The van der Waals surface area contributed by atoms with Crippen LogP contribution in [0.15, 0.2) is 77.3 Å². The average Bonchev–Trinajstić information content (AvgIpc) is 3.60. The number of urea groups is 2. The number of esters is 1. The molecule has 1 saturated heterocycles. The molecular weight excluding hydrogens is 602 g/mol. The second-order valence-corrected chi connectivity index (χ2v) is 12.0. The molecule has 0 spiro atoms. The first-order chi connectivity index (χ1) is 21.8. The van der Waals surface area contributed by atoms with Crippen molar-refractivity contribution in [2.45, 2.75) is 30.7 Å². The number of amides is 4. The number of hydrogen-bond donors (Lipinski definition) is 2. The van der Waals surface area contributed by atoms with Gasteiger partial charge in [0.2, 0.25) is 0 Å². The number of nitrogens with one attached hydrogen (secondary N) is 2. The molecule has 1 atom stereocenters. The molecule has 2 N–H and O–H groups in total. The zero-order valence-electron chi connectivity index (χ0n) is 25.2. The third kappa shape index (κ3) is 6.77. The molecule has 2 aliphatic rings. The number of hydrogen-bond acceptors (Lipinski definition) is 7. The van der Waals surface area contributed by atoms with E-state index in [4.69, 9.17) is 9.47 Å². The van der Waals surface area contributed by atoms with E-state index in [0.29, 0.717) is 6.42 Å². The molecule has 238 valence electrons. The van der Waals surface area contributed by atoms with Crippen LogP contribution in [0.4, 0.5) is 18.4 Å². The maximum atomic E-state index is 14.3. The van der Waals surface area contributed by atoms with Crippen molar-refractivity contribution in [3.8, 4) is 0 Å². The highest BCUT2D eigenvalue weighted by molar-refractivity contribution is 7.10. The van der Waals surface area contributed by atoms with Crippen LogP contribution in [-0.4, -0.2) is 74.8 Å². The minimum atomic E-state index is -1.38. The molecule has 0 bridgehead atoms. The zero-order chi connectivity index (χ0) is 32.0. The number of methoxy groups -OCH3 is 2.